The first-order chi connectivity index (χ1) is 12.5. The van der Waals surface area contributed by atoms with Crippen LogP contribution < -0.4 is 5.69 Å². The van der Waals surface area contributed by atoms with Crippen molar-refractivity contribution >= 4 is 37.9 Å². The van der Waals surface area contributed by atoms with Crippen molar-refractivity contribution in [2.45, 2.75) is 31.7 Å². The molecule has 1 saturated carbocycles. The molecule has 138 valence electrons. The summed E-state index contributed by atoms with van der Waals surface area (Å²) in [5.41, 5.74) is 2.95. The van der Waals surface area contributed by atoms with Crippen LogP contribution in [0.1, 0.15) is 31.7 Å². The van der Waals surface area contributed by atoms with Gasteiger partial charge in [-0.05, 0) is 63.9 Å². The summed E-state index contributed by atoms with van der Waals surface area (Å²) >= 11 is 3.57. The number of aromatic nitrogens is 3. The molecule has 3 aromatic rings. The Bertz CT molecular complexity index is 1010. The van der Waals surface area contributed by atoms with E-state index < -0.39 is 0 Å². The summed E-state index contributed by atoms with van der Waals surface area (Å²) in [5.74, 6) is 0.736. The van der Waals surface area contributed by atoms with Gasteiger partial charge in [0.25, 0.3) is 0 Å². The summed E-state index contributed by atoms with van der Waals surface area (Å²) < 4.78 is 4.79. The first-order valence-corrected chi connectivity index (χ1v) is 10.0. The van der Waals surface area contributed by atoms with Gasteiger partial charge in [-0.15, -0.1) is 0 Å². The zero-order chi connectivity index (χ0) is 18.4. The summed E-state index contributed by atoms with van der Waals surface area (Å²) in [7, 11) is 6.13. The molecule has 5 nitrogen and oxygen atoms in total. The average Bonchev–Trinajstić information content (AvgIpc) is 2.87. The van der Waals surface area contributed by atoms with Gasteiger partial charge in [0.15, 0.2) is 0 Å². The molecular weight excluding hydrogens is 392 g/mol. The Labute approximate surface area is 161 Å². The first-order valence-electron chi connectivity index (χ1n) is 9.25. The van der Waals surface area contributed by atoms with Gasteiger partial charge in [-0.25, -0.2) is 4.79 Å². The highest BCUT2D eigenvalue weighted by molar-refractivity contribution is 9.10. The van der Waals surface area contributed by atoms with E-state index in [1.807, 2.05) is 29.9 Å². The number of pyridine rings is 1. The standard InChI is InChI=1S/C20H25BrN4O/c1-23(2)12-13-4-7-15(8-5-13)25-19-16-10-14(21)6-9-17(16)22-11-18(19)24(3)20(25)26/h6,9-11,13,15H,4-5,7-8,12H2,1-3H3/t13-,15-. The van der Waals surface area contributed by atoms with Gasteiger partial charge in [0.05, 0.1) is 22.7 Å². The number of hydrogen-bond acceptors (Lipinski definition) is 3. The molecule has 0 bridgehead atoms. The molecule has 0 radical (unpaired) electrons. The predicted molar refractivity (Wildman–Crippen MR) is 110 cm³/mol. The van der Waals surface area contributed by atoms with E-state index in [2.05, 4.69) is 46.0 Å². The number of imidazole rings is 1. The molecule has 0 N–H and O–H groups in total. The van der Waals surface area contributed by atoms with Crippen molar-refractivity contribution in [3.63, 3.8) is 0 Å². The molecule has 1 aliphatic carbocycles. The lowest BCUT2D eigenvalue weighted by Crippen LogP contribution is -2.31. The lowest BCUT2D eigenvalue weighted by atomic mass is 9.85. The van der Waals surface area contributed by atoms with Crippen molar-refractivity contribution < 1.29 is 0 Å². The van der Waals surface area contributed by atoms with Gasteiger partial charge in [0.1, 0.15) is 0 Å². The fraction of sp³-hybridized carbons (Fsp3) is 0.500. The Morgan fingerprint density at radius 2 is 1.96 bits per heavy atom. The van der Waals surface area contributed by atoms with Crippen molar-refractivity contribution in [2.24, 2.45) is 13.0 Å². The first kappa shape index (κ1) is 17.7. The Balaban J connectivity index is 1.81. The molecule has 0 atom stereocenters. The lowest BCUT2D eigenvalue weighted by molar-refractivity contribution is 0.224. The number of rotatable bonds is 3. The highest BCUT2D eigenvalue weighted by atomic mass is 79.9. The summed E-state index contributed by atoms with van der Waals surface area (Å²) in [6, 6.07) is 6.36. The smallest absolute Gasteiger partial charge is 0.309 e. The third-order valence-corrected chi connectivity index (χ3v) is 6.18. The number of fused-ring (bicyclic) bond motifs is 3. The van der Waals surface area contributed by atoms with E-state index in [1.54, 1.807) is 4.57 Å². The zero-order valence-electron chi connectivity index (χ0n) is 15.6. The van der Waals surface area contributed by atoms with Crippen LogP contribution in [0.2, 0.25) is 0 Å². The highest BCUT2D eigenvalue weighted by Gasteiger charge is 2.27. The van der Waals surface area contributed by atoms with Gasteiger partial charge in [0.2, 0.25) is 0 Å². The van der Waals surface area contributed by atoms with Crippen LogP contribution in [0.15, 0.2) is 33.7 Å². The van der Waals surface area contributed by atoms with Gasteiger partial charge in [0, 0.05) is 29.5 Å². The molecule has 4 rings (SSSR count). The maximum Gasteiger partial charge on any atom is 0.329 e. The molecule has 2 aromatic heterocycles. The molecule has 1 aliphatic rings. The summed E-state index contributed by atoms with van der Waals surface area (Å²) in [4.78, 5) is 19.9. The minimum atomic E-state index is 0.0744. The maximum atomic E-state index is 13.1. The second-order valence-electron chi connectivity index (χ2n) is 7.80. The number of halogens is 1. The second kappa shape index (κ2) is 6.82. The summed E-state index contributed by atoms with van der Waals surface area (Å²) in [6.45, 7) is 1.14. The van der Waals surface area contributed by atoms with Crippen molar-refractivity contribution in [1.29, 1.82) is 0 Å². The number of hydrogen-bond donors (Lipinski definition) is 0. The molecule has 0 unspecified atom stereocenters. The van der Waals surface area contributed by atoms with Crippen molar-refractivity contribution in [3.05, 3.63) is 39.4 Å². The SMILES string of the molecule is CN(C)C[C@H]1CC[C@H](n2c(=O)n(C)c3cnc4ccc(Br)cc4c32)CC1. The summed E-state index contributed by atoms with van der Waals surface area (Å²) in [5, 5.41) is 1.05. The Morgan fingerprint density at radius 3 is 2.65 bits per heavy atom. The molecule has 0 aliphatic heterocycles. The zero-order valence-corrected chi connectivity index (χ0v) is 17.2. The molecule has 0 spiro atoms. The van der Waals surface area contributed by atoms with E-state index in [-0.39, 0.29) is 11.7 Å². The quantitative estimate of drug-likeness (QED) is 0.649. The molecule has 0 amide bonds. The minimum absolute atomic E-state index is 0.0744. The monoisotopic (exact) mass is 416 g/mol. The summed E-state index contributed by atoms with van der Waals surface area (Å²) in [6.07, 6.45) is 6.32. The van der Waals surface area contributed by atoms with Crippen LogP contribution in [0.25, 0.3) is 21.9 Å². The van der Waals surface area contributed by atoms with Gasteiger partial charge in [-0.2, -0.15) is 0 Å². The molecule has 2 heterocycles. The van der Waals surface area contributed by atoms with Crippen LogP contribution in [0.5, 0.6) is 0 Å². The molecule has 6 heteroatoms. The fourth-order valence-electron chi connectivity index (χ4n) is 4.44. The predicted octanol–water partition coefficient (Wildman–Crippen LogP) is 3.94. The minimum Gasteiger partial charge on any atom is -0.309 e. The third kappa shape index (κ3) is 2.99. The van der Waals surface area contributed by atoms with Crippen LogP contribution in [0.3, 0.4) is 0 Å². The third-order valence-electron chi connectivity index (χ3n) is 5.68. The van der Waals surface area contributed by atoms with E-state index in [0.29, 0.717) is 0 Å². The van der Waals surface area contributed by atoms with Crippen molar-refractivity contribution in [2.75, 3.05) is 20.6 Å². The lowest BCUT2D eigenvalue weighted by Gasteiger charge is -2.31. The number of nitrogens with zero attached hydrogens (tertiary/aromatic N) is 4. The van der Waals surface area contributed by atoms with E-state index in [9.17, 15) is 4.79 Å². The van der Waals surface area contributed by atoms with Crippen LogP contribution in [-0.4, -0.2) is 39.7 Å². The number of aryl methyl sites for hydroxylation is 1. The molecular formula is C20H25BrN4O. The van der Waals surface area contributed by atoms with E-state index in [4.69, 9.17) is 0 Å². The van der Waals surface area contributed by atoms with E-state index in [1.165, 1.54) is 12.8 Å². The molecule has 0 saturated heterocycles. The van der Waals surface area contributed by atoms with Crippen molar-refractivity contribution in [1.82, 2.24) is 19.0 Å². The largest absolute Gasteiger partial charge is 0.329 e. The Hall–Kier alpha value is -1.66. The molecule has 1 fully saturated rings. The van der Waals surface area contributed by atoms with Crippen LogP contribution in [0.4, 0.5) is 0 Å². The fourth-order valence-corrected chi connectivity index (χ4v) is 4.80. The van der Waals surface area contributed by atoms with Gasteiger partial charge < -0.3 is 4.90 Å². The normalized spacial score (nSPS) is 21.1. The topological polar surface area (TPSA) is 43.1 Å². The van der Waals surface area contributed by atoms with Gasteiger partial charge >= 0.3 is 5.69 Å². The Kier molecular flexibility index (Phi) is 4.65. The number of benzene rings is 1. The molecule has 1 aromatic carbocycles. The van der Waals surface area contributed by atoms with E-state index in [0.717, 1.165) is 51.7 Å². The van der Waals surface area contributed by atoms with Crippen LogP contribution >= 0.6 is 15.9 Å². The maximum absolute atomic E-state index is 13.1. The van der Waals surface area contributed by atoms with E-state index >= 15 is 0 Å². The second-order valence-corrected chi connectivity index (χ2v) is 8.72. The van der Waals surface area contributed by atoms with Crippen LogP contribution in [-0.2, 0) is 7.05 Å². The van der Waals surface area contributed by atoms with Gasteiger partial charge in [-0.3, -0.25) is 14.1 Å². The average molecular weight is 417 g/mol. The highest BCUT2D eigenvalue weighted by Crippen LogP contribution is 2.35. The Morgan fingerprint density at radius 1 is 1.23 bits per heavy atom. The molecule has 26 heavy (non-hydrogen) atoms. The van der Waals surface area contributed by atoms with Gasteiger partial charge in [-0.1, -0.05) is 15.9 Å². The van der Waals surface area contributed by atoms with Crippen LogP contribution in [0, 0.1) is 5.92 Å². The van der Waals surface area contributed by atoms with Crippen molar-refractivity contribution in [3.8, 4) is 0 Å².